The monoisotopic (exact) mass is 255 g/mol. The number of anilines is 1. The third kappa shape index (κ3) is 3.35. The number of carbonyl (C=O) groups is 1. The number of hydrogen-bond donors (Lipinski definition) is 1. The molecule has 2 rings (SSSR count). The molecule has 2 aromatic carbocycles. The van der Waals surface area contributed by atoms with Gasteiger partial charge >= 0.3 is 0 Å². The molecular formula is C16H17NO2. The first kappa shape index (κ1) is 13.1. The Labute approximate surface area is 113 Å². The molecule has 3 nitrogen and oxygen atoms in total. The van der Waals surface area contributed by atoms with Gasteiger partial charge in [-0.3, -0.25) is 4.79 Å². The highest BCUT2D eigenvalue weighted by Gasteiger charge is 2.11. The van der Waals surface area contributed by atoms with Gasteiger partial charge in [0.1, 0.15) is 5.75 Å². The topological polar surface area (TPSA) is 38.3 Å². The molecule has 19 heavy (non-hydrogen) atoms. The molecule has 0 aliphatic heterocycles. The van der Waals surface area contributed by atoms with Crippen molar-refractivity contribution < 1.29 is 9.53 Å². The van der Waals surface area contributed by atoms with E-state index in [-0.39, 0.29) is 5.91 Å². The van der Waals surface area contributed by atoms with E-state index < -0.39 is 0 Å². The molecule has 0 aliphatic carbocycles. The number of hydrogen-bond acceptors (Lipinski definition) is 2. The van der Waals surface area contributed by atoms with Gasteiger partial charge in [0.15, 0.2) is 0 Å². The summed E-state index contributed by atoms with van der Waals surface area (Å²) in [6, 6.07) is 14.9. The maximum atomic E-state index is 12.2. The van der Waals surface area contributed by atoms with Crippen LogP contribution in [0.4, 0.5) is 5.69 Å². The number of carbonyl (C=O) groups excluding carboxylic acids is 1. The second kappa shape index (κ2) is 6.05. The van der Waals surface area contributed by atoms with Crippen molar-refractivity contribution in [2.45, 2.75) is 13.8 Å². The van der Waals surface area contributed by atoms with Gasteiger partial charge in [0.2, 0.25) is 0 Å². The summed E-state index contributed by atoms with van der Waals surface area (Å²) >= 11 is 0. The molecule has 0 radical (unpaired) electrons. The van der Waals surface area contributed by atoms with Crippen molar-refractivity contribution in [2.24, 2.45) is 0 Å². The third-order valence-corrected chi connectivity index (χ3v) is 2.71. The Morgan fingerprint density at radius 2 is 1.95 bits per heavy atom. The number of para-hydroxylation sites is 1. The molecule has 0 atom stereocenters. The quantitative estimate of drug-likeness (QED) is 0.905. The number of ether oxygens (including phenoxy) is 1. The Bertz CT molecular complexity index is 578. The smallest absolute Gasteiger partial charge is 0.259 e. The molecule has 1 N–H and O–H groups in total. The lowest BCUT2D eigenvalue weighted by Gasteiger charge is -2.10. The highest BCUT2D eigenvalue weighted by molar-refractivity contribution is 6.06. The average Bonchev–Trinajstić information content (AvgIpc) is 2.39. The first-order chi connectivity index (χ1) is 9.20. The fourth-order valence-electron chi connectivity index (χ4n) is 1.86. The lowest BCUT2D eigenvalue weighted by molar-refractivity contribution is 0.102. The minimum absolute atomic E-state index is 0.158. The van der Waals surface area contributed by atoms with E-state index >= 15 is 0 Å². The number of amides is 1. The molecule has 0 spiro atoms. The molecule has 3 heteroatoms. The Morgan fingerprint density at radius 3 is 2.68 bits per heavy atom. The minimum atomic E-state index is -0.158. The Kier molecular flexibility index (Phi) is 4.18. The Balaban J connectivity index is 2.20. The molecule has 0 aromatic heterocycles. The van der Waals surface area contributed by atoms with E-state index in [1.807, 2.05) is 50.2 Å². The molecule has 2 aromatic rings. The van der Waals surface area contributed by atoms with Gasteiger partial charge in [-0.05, 0) is 43.7 Å². The van der Waals surface area contributed by atoms with Gasteiger partial charge in [-0.1, -0.05) is 24.3 Å². The van der Waals surface area contributed by atoms with Crippen molar-refractivity contribution in [3.63, 3.8) is 0 Å². The van der Waals surface area contributed by atoms with E-state index in [4.69, 9.17) is 4.74 Å². The van der Waals surface area contributed by atoms with Crippen LogP contribution in [0.15, 0.2) is 48.5 Å². The van der Waals surface area contributed by atoms with Crippen molar-refractivity contribution in [2.75, 3.05) is 11.9 Å². The molecule has 0 aliphatic rings. The molecule has 0 fully saturated rings. The van der Waals surface area contributed by atoms with Crippen LogP contribution in [0, 0.1) is 6.92 Å². The molecule has 98 valence electrons. The van der Waals surface area contributed by atoms with Crippen molar-refractivity contribution in [1.29, 1.82) is 0 Å². The van der Waals surface area contributed by atoms with Crippen LogP contribution in [0.1, 0.15) is 22.8 Å². The van der Waals surface area contributed by atoms with Crippen LogP contribution >= 0.6 is 0 Å². The standard InChI is InChI=1S/C16H17NO2/c1-3-19-15-10-5-4-9-14(15)16(18)17-13-8-6-7-12(2)11-13/h4-11H,3H2,1-2H3,(H,17,18). The lowest BCUT2D eigenvalue weighted by atomic mass is 10.1. The van der Waals surface area contributed by atoms with E-state index in [9.17, 15) is 4.79 Å². The highest BCUT2D eigenvalue weighted by atomic mass is 16.5. The first-order valence-corrected chi connectivity index (χ1v) is 6.30. The van der Waals surface area contributed by atoms with Crippen LogP contribution < -0.4 is 10.1 Å². The van der Waals surface area contributed by atoms with Crippen LogP contribution in [0.3, 0.4) is 0 Å². The number of nitrogens with one attached hydrogen (secondary N) is 1. The Hall–Kier alpha value is -2.29. The number of benzene rings is 2. The van der Waals surface area contributed by atoms with Gasteiger partial charge in [-0.2, -0.15) is 0 Å². The normalized spacial score (nSPS) is 10.0. The van der Waals surface area contributed by atoms with E-state index in [1.54, 1.807) is 12.1 Å². The van der Waals surface area contributed by atoms with Crippen LogP contribution in [-0.4, -0.2) is 12.5 Å². The number of rotatable bonds is 4. The zero-order chi connectivity index (χ0) is 13.7. The van der Waals surface area contributed by atoms with Gasteiger partial charge in [-0.25, -0.2) is 0 Å². The molecule has 1 amide bonds. The summed E-state index contributed by atoms with van der Waals surface area (Å²) in [6.45, 7) is 4.42. The summed E-state index contributed by atoms with van der Waals surface area (Å²) in [7, 11) is 0. The minimum Gasteiger partial charge on any atom is -0.493 e. The maximum Gasteiger partial charge on any atom is 0.259 e. The predicted octanol–water partition coefficient (Wildman–Crippen LogP) is 3.65. The summed E-state index contributed by atoms with van der Waals surface area (Å²) < 4.78 is 5.46. The summed E-state index contributed by atoms with van der Waals surface area (Å²) in [4.78, 5) is 12.2. The summed E-state index contributed by atoms with van der Waals surface area (Å²) in [6.07, 6.45) is 0. The lowest BCUT2D eigenvalue weighted by Crippen LogP contribution is -2.13. The van der Waals surface area contributed by atoms with Gasteiger partial charge < -0.3 is 10.1 Å². The number of aryl methyl sites for hydroxylation is 1. The van der Waals surface area contributed by atoms with E-state index in [0.29, 0.717) is 17.9 Å². The van der Waals surface area contributed by atoms with Crippen molar-refractivity contribution in [3.8, 4) is 5.75 Å². The largest absolute Gasteiger partial charge is 0.493 e. The van der Waals surface area contributed by atoms with Crippen LogP contribution in [0.2, 0.25) is 0 Å². The zero-order valence-electron chi connectivity index (χ0n) is 11.1. The van der Waals surface area contributed by atoms with E-state index in [1.165, 1.54) is 0 Å². The van der Waals surface area contributed by atoms with Crippen LogP contribution in [-0.2, 0) is 0 Å². The van der Waals surface area contributed by atoms with E-state index in [2.05, 4.69) is 5.32 Å². The average molecular weight is 255 g/mol. The summed E-state index contributed by atoms with van der Waals surface area (Å²) in [5, 5.41) is 2.88. The molecule has 0 unspecified atom stereocenters. The fourth-order valence-corrected chi connectivity index (χ4v) is 1.86. The van der Waals surface area contributed by atoms with Crippen molar-refractivity contribution in [1.82, 2.24) is 0 Å². The summed E-state index contributed by atoms with van der Waals surface area (Å²) in [5.41, 5.74) is 2.44. The second-order valence-electron chi connectivity index (χ2n) is 4.25. The van der Waals surface area contributed by atoms with Crippen LogP contribution in [0.5, 0.6) is 5.75 Å². The highest BCUT2D eigenvalue weighted by Crippen LogP contribution is 2.20. The molecular weight excluding hydrogens is 238 g/mol. The fraction of sp³-hybridized carbons (Fsp3) is 0.188. The molecule has 0 saturated heterocycles. The van der Waals surface area contributed by atoms with Crippen molar-refractivity contribution >= 4 is 11.6 Å². The van der Waals surface area contributed by atoms with E-state index in [0.717, 1.165) is 11.3 Å². The zero-order valence-corrected chi connectivity index (χ0v) is 11.1. The molecule has 0 heterocycles. The van der Waals surface area contributed by atoms with Crippen LogP contribution in [0.25, 0.3) is 0 Å². The summed E-state index contributed by atoms with van der Waals surface area (Å²) in [5.74, 6) is 0.449. The predicted molar refractivity (Wildman–Crippen MR) is 76.7 cm³/mol. The maximum absolute atomic E-state index is 12.2. The molecule has 0 bridgehead atoms. The second-order valence-corrected chi connectivity index (χ2v) is 4.25. The first-order valence-electron chi connectivity index (χ1n) is 6.30. The Morgan fingerprint density at radius 1 is 1.16 bits per heavy atom. The van der Waals surface area contributed by atoms with Gasteiger partial charge in [-0.15, -0.1) is 0 Å². The SMILES string of the molecule is CCOc1ccccc1C(=O)Nc1cccc(C)c1. The van der Waals surface area contributed by atoms with Gasteiger partial charge in [0.05, 0.1) is 12.2 Å². The molecule has 0 saturated carbocycles. The van der Waals surface area contributed by atoms with Gasteiger partial charge in [0, 0.05) is 5.69 Å². The third-order valence-electron chi connectivity index (χ3n) is 2.71. The van der Waals surface area contributed by atoms with Gasteiger partial charge in [0.25, 0.3) is 5.91 Å². The van der Waals surface area contributed by atoms with Crippen molar-refractivity contribution in [3.05, 3.63) is 59.7 Å².